The molecule has 0 bridgehead atoms. The molecule has 3 nitrogen and oxygen atoms in total. The maximum Gasteiger partial charge on any atom is 0.224 e. The minimum Gasteiger partial charge on any atom is -0.508 e. The molecule has 0 spiro atoms. The zero-order chi connectivity index (χ0) is 13.5. The molecule has 18 heavy (non-hydrogen) atoms. The molecule has 1 aromatic carbocycles. The lowest BCUT2D eigenvalue weighted by molar-refractivity contribution is -0.121. The molecule has 0 radical (unpaired) electrons. The Bertz CT molecular complexity index is 393. The van der Waals surface area contributed by atoms with E-state index in [1.165, 1.54) is 0 Å². The van der Waals surface area contributed by atoms with E-state index in [0.717, 1.165) is 12.0 Å². The molecule has 0 heterocycles. The lowest BCUT2D eigenvalue weighted by Crippen LogP contribution is -2.39. The Balaban J connectivity index is 2.55. The van der Waals surface area contributed by atoms with Crippen LogP contribution < -0.4 is 5.32 Å². The zero-order valence-corrected chi connectivity index (χ0v) is 11.6. The highest BCUT2D eigenvalue weighted by molar-refractivity contribution is 6.17. The largest absolute Gasteiger partial charge is 0.508 e. The Labute approximate surface area is 113 Å². The summed E-state index contributed by atoms with van der Waals surface area (Å²) in [5.41, 5.74) is 0.806. The molecule has 100 valence electrons. The van der Waals surface area contributed by atoms with Gasteiger partial charge < -0.3 is 10.4 Å². The van der Waals surface area contributed by atoms with Gasteiger partial charge in [0.05, 0.1) is 6.42 Å². The predicted octanol–water partition coefficient (Wildman–Crippen LogP) is 2.70. The Morgan fingerprint density at radius 2 is 2.17 bits per heavy atom. The maximum atomic E-state index is 11.9. The van der Waals surface area contributed by atoms with Crippen molar-refractivity contribution >= 4 is 17.5 Å². The fourth-order valence-corrected chi connectivity index (χ4v) is 2.03. The van der Waals surface area contributed by atoms with Crippen molar-refractivity contribution in [1.29, 1.82) is 0 Å². The van der Waals surface area contributed by atoms with Crippen LogP contribution >= 0.6 is 11.6 Å². The molecule has 1 atom stereocenters. The smallest absolute Gasteiger partial charge is 0.224 e. The number of nitrogens with one attached hydrogen (secondary N) is 1. The summed E-state index contributed by atoms with van der Waals surface area (Å²) in [6.07, 6.45) is 1.05. The standard InChI is InChI=1S/C14H20ClNO2/c1-10(2)13(6-7-15)16-14(18)9-11-4-3-5-12(17)8-11/h3-5,8,10,13,17H,6-7,9H2,1-2H3,(H,16,18). The molecule has 1 unspecified atom stereocenters. The zero-order valence-electron chi connectivity index (χ0n) is 10.8. The number of hydrogen-bond donors (Lipinski definition) is 2. The van der Waals surface area contributed by atoms with Gasteiger partial charge in [-0.05, 0) is 30.0 Å². The molecule has 1 aromatic rings. The van der Waals surface area contributed by atoms with Crippen LogP contribution in [0.5, 0.6) is 5.75 Å². The van der Waals surface area contributed by atoms with Crippen LogP contribution in [0.3, 0.4) is 0 Å². The molecule has 1 rings (SSSR count). The third-order valence-electron chi connectivity index (χ3n) is 2.85. The van der Waals surface area contributed by atoms with E-state index >= 15 is 0 Å². The second-order valence-corrected chi connectivity index (χ2v) is 5.12. The van der Waals surface area contributed by atoms with Crippen LogP contribution in [0.25, 0.3) is 0 Å². The number of aromatic hydroxyl groups is 1. The van der Waals surface area contributed by atoms with Crippen LogP contribution in [-0.4, -0.2) is 22.9 Å². The van der Waals surface area contributed by atoms with Crippen molar-refractivity contribution in [2.24, 2.45) is 5.92 Å². The summed E-state index contributed by atoms with van der Waals surface area (Å²) >= 11 is 5.72. The summed E-state index contributed by atoms with van der Waals surface area (Å²) in [5.74, 6) is 1.04. The Hall–Kier alpha value is -1.22. The molecule has 0 aromatic heterocycles. The fourth-order valence-electron chi connectivity index (χ4n) is 1.80. The summed E-state index contributed by atoms with van der Waals surface area (Å²) in [7, 11) is 0. The molecule has 2 N–H and O–H groups in total. The number of hydrogen-bond acceptors (Lipinski definition) is 2. The van der Waals surface area contributed by atoms with Gasteiger partial charge in [0.25, 0.3) is 0 Å². The van der Waals surface area contributed by atoms with E-state index < -0.39 is 0 Å². The third kappa shape index (κ3) is 4.96. The van der Waals surface area contributed by atoms with Crippen LogP contribution in [0.4, 0.5) is 0 Å². The lowest BCUT2D eigenvalue weighted by Gasteiger charge is -2.21. The van der Waals surface area contributed by atoms with E-state index in [2.05, 4.69) is 19.2 Å². The number of carbonyl (C=O) groups excluding carboxylic acids is 1. The molecule has 0 aliphatic rings. The number of benzene rings is 1. The molecule has 0 fully saturated rings. The summed E-state index contributed by atoms with van der Waals surface area (Å²) in [6, 6.07) is 6.85. The quantitative estimate of drug-likeness (QED) is 0.780. The van der Waals surface area contributed by atoms with E-state index in [0.29, 0.717) is 11.8 Å². The number of amides is 1. The van der Waals surface area contributed by atoms with Gasteiger partial charge in [0.1, 0.15) is 5.75 Å². The lowest BCUT2D eigenvalue weighted by atomic mass is 10.0. The summed E-state index contributed by atoms with van der Waals surface area (Å²) in [5, 5.41) is 12.3. The Morgan fingerprint density at radius 3 is 2.72 bits per heavy atom. The minimum absolute atomic E-state index is 0.0376. The predicted molar refractivity (Wildman–Crippen MR) is 73.9 cm³/mol. The van der Waals surface area contributed by atoms with Crippen molar-refractivity contribution in [3.63, 3.8) is 0 Å². The van der Waals surface area contributed by atoms with Crippen LogP contribution in [0.1, 0.15) is 25.8 Å². The first kappa shape index (κ1) is 14.8. The highest BCUT2D eigenvalue weighted by atomic mass is 35.5. The van der Waals surface area contributed by atoms with Crippen LogP contribution in [0, 0.1) is 5.92 Å². The van der Waals surface area contributed by atoms with Crippen LogP contribution in [0.2, 0.25) is 0 Å². The highest BCUT2D eigenvalue weighted by Gasteiger charge is 2.15. The molecule has 1 amide bonds. The Morgan fingerprint density at radius 1 is 1.44 bits per heavy atom. The first-order chi connectivity index (χ1) is 8.52. The number of alkyl halides is 1. The minimum atomic E-state index is -0.0376. The van der Waals surface area contributed by atoms with E-state index in [1.54, 1.807) is 18.2 Å². The highest BCUT2D eigenvalue weighted by Crippen LogP contribution is 2.12. The molecule has 4 heteroatoms. The van der Waals surface area contributed by atoms with Crippen molar-refractivity contribution in [2.45, 2.75) is 32.7 Å². The summed E-state index contributed by atoms with van der Waals surface area (Å²) in [4.78, 5) is 11.9. The van der Waals surface area contributed by atoms with Crippen LogP contribution in [0.15, 0.2) is 24.3 Å². The number of phenols is 1. The molecule has 0 saturated carbocycles. The van der Waals surface area contributed by atoms with Crippen molar-refractivity contribution < 1.29 is 9.90 Å². The van der Waals surface area contributed by atoms with E-state index in [-0.39, 0.29) is 24.1 Å². The maximum absolute atomic E-state index is 11.9. The van der Waals surface area contributed by atoms with Crippen molar-refractivity contribution in [3.05, 3.63) is 29.8 Å². The molecular weight excluding hydrogens is 250 g/mol. The fraction of sp³-hybridized carbons (Fsp3) is 0.500. The number of halogens is 1. The van der Waals surface area contributed by atoms with E-state index in [1.807, 2.05) is 6.07 Å². The summed E-state index contributed by atoms with van der Waals surface area (Å²) in [6.45, 7) is 4.12. The number of carbonyl (C=O) groups is 1. The van der Waals surface area contributed by atoms with Gasteiger partial charge in [-0.2, -0.15) is 0 Å². The first-order valence-electron chi connectivity index (χ1n) is 6.16. The SMILES string of the molecule is CC(C)C(CCCl)NC(=O)Cc1cccc(O)c1. The molecule has 0 aliphatic heterocycles. The monoisotopic (exact) mass is 269 g/mol. The normalized spacial score (nSPS) is 12.4. The van der Waals surface area contributed by atoms with Crippen molar-refractivity contribution in [3.8, 4) is 5.75 Å². The molecule has 0 saturated heterocycles. The van der Waals surface area contributed by atoms with Crippen LogP contribution in [-0.2, 0) is 11.2 Å². The van der Waals surface area contributed by atoms with E-state index in [4.69, 9.17) is 11.6 Å². The third-order valence-corrected chi connectivity index (χ3v) is 3.06. The molecular formula is C14H20ClNO2. The van der Waals surface area contributed by atoms with Gasteiger partial charge in [-0.1, -0.05) is 26.0 Å². The van der Waals surface area contributed by atoms with Gasteiger partial charge in [0.15, 0.2) is 0 Å². The van der Waals surface area contributed by atoms with E-state index in [9.17, 15) is 9.90 Å². The number of rotatable bonds is 6. The van der Waals surface area contributed by atoms with Gasteiger partial charge in [-0.25, -0.2) is 0 Å². The average molecular weight is 270 g/mol. The molecule has 0 aliphatic carbocycles. The summed E-state index contributed by atoms with van der Waals surface area (Å²) < 4.78 is 0. The van der Waals surface area contributed by atoms with Gasteiger partial charge in [-0.15, -0.1) is 11.6 Å². The van der Waals surface area contributed by atoms with Gasteiger partial charge in [0, 0.05) is 11.9 Å². The van der Waals surface area contributed by atoms with Crippen molar-refractivity contribution in [2.75, 3.05) is 5.88 Å². The van der Waals surface area contributed by atoms with Gasteiger partial charge >= 0.3 is 0 Å². The second kappa shape index (κ2) is 7.27. The number of phenolic OH excluding ortho intramolecular Hbond substituents is 1. The van der Waals surface area contributed by atoms with Gasteiger partial charge in [0.2, 0.25) is 5.91 Å². The van der Waals surface area contributed by atoms with Gasteiger partial charge in [-0.3, -0.25) is 4.79 Å². The first-order valence-corrected chi connectivity index (χ1v) is 6.69. The Kier molecular flexibility index (Phi) is 5.99. The second-order valence-electron chi connectivity index (χ2n) is 4.74. The average Bonchev–Trinajstić information content (AvgIpc) is 2.28. The topological polar surface area (TPSA) is 49.3 Å². The van der Waals surface area contributed by atoms with Crippen molar-refractivity contribution in [1.82, 2.24) is 5.32 Å².